The Morgan fingerprint density at radius 1 is 1.44 bits per heavy atom. The van der Waals surface area contributed by atoms with Crippen LogP contribution in [0.5, 0.6) is 0 Å². The number of benzene rings is 1. The van der Waals surface area contributed by atoms with Crippen molar-refractivity contribution in [3.05, 3.63) is 40.8 Å². The summed E-state index contributed by atoms with van der Waals surface area (Å²) in [6, 6.07) is 8.24. The first-order chi connectivity index (χ1) is 7.72. The third-order valence-electron chi connectivity index (χ3n) is 2.54. The van der Waals surface area contributed by atoms with Crippen LogP contribution in [0, 0.1) is 0 Å². The number of hydrogen-bond donors (Lipinski definition) is 1. The monoisotopic (exact) mass is 279 g/mol. The van der Waals surface area contributed by atoms with Crippen LogP contribution in [0.1, 0.15) is 5.82 Å². The third kappa shape index (κ3) is 2.18. The van der Waals surface area contributed by atoms with Gasteiger partial charge >= 0.3 is 0 Å². The average Bonchev–Trinajstić information content (AvgIpc) is 2.61. The van der Waals surface area contributed by atoms with E-state index in [4.69, 9.17) is 0 Å². The van der Waals surface area contributed by atoms with Crippen molar-refractivity contribution in [2.24, 2.45) is 7.05 Å². The van der Waals surface area contributed by atoms with Crippen LogP contribution in [0.25, 0.3) is 11.3 Å². The molecular formula is C12H14BrN3. The first-order valence-corrected chi connectivity index (χ1v) is 5.93. The molecule has 84 valence electrons. The molecule has 3 nitrogen and oxygen atoms in total. The Bertz CT molecular complexity index is 491. The van der Waals surface area contributed by atoms with Crippen molar-refractivity contribution in [2.45, 2.75) is 6.54 Å². The molecule has 0 aliphatic heterocycles. The van der Waals surface area contributed by atoms with Crippen molar-refractivity contribution in [3.8, 4) is 11.3 Å². The van der Waals surface area contributed by atoms with Crippen molar-refractivity contribution in [2.75, 3.05) is 7.05 Å². The van der Waals surface area contributed by atoms with E-state index in [1.54, 1.807) is 0 Å². The SMILES string of the molecule is CNCc1ncc(-c2cccc(Br)c2)n1C. The van der Waals surface area contributed by atoms with Crippen molar-refractivity contribution >= 4 is 15.9 Å². The minimum absolute atomic E-state index is 0.782. The highest BCUT2D eigenvalue weighted by atomic mass is 79.9. The lowest BCUT2D eigenvalue weighted by molar-refractivity contribution is 0.712. The molecule has 0 spiro atoms. The Morgan fingerprint density at radius 2 is 2.25 bits per heavy atom. The molecule has 0 saturated heterocycles. The zero-order chi connectivity index (χ0) is 11.5. The van der Waals surface area contributed by atoms with Gasteiger partial charge in [0.1, 0.15) is 5.82 Å². The minimum Gasteiger partial charge on any atom is -0.330 e. The van der Waals surface area contributed by atoms with Crippen LogP contribution in [0.4, 0.5) is 0 Å². The number of rotatable bonds is 3. The Hall–Kier alpha value is -1.13. The van der Waals surface area contributed by atoms with Crippen molar-refractivity contribution in [1.29, 1.82) is 0 Å². The molecule has 16 heavy (non-hydrogen) atoms. The smallest absolute Gasteiger partial charge is 0.122 e. The van der Waals surface area contributed by atoms with E-state index in [1.165, 1.54) is 5.56 Å². The average molecular weight is 280 g/mol. The summed E-state index contributed by atoms with van der Waals surface area (Å²) in [6.07, 6.45) is 1.91. The maximum Gasteiger partial charge on any atom is 0.122 e. The van der Waals surface area contributed by atoms with Crippen LogP contribution >= 0.6 is 15.9 Å². The largest absolute Gasteiger partial charge is 0.330 e. The number of nitrogens with zero attached hydrogens (tertiary/aromatic N) is 2. The van der Waals surface area contributed by atoms with Gasteiger partial charge in [-0.2, -0.15) is 0 Å². The maximum absolute atomic E-state index is 4.40. The van der Waals surface area contributed by atoms with Crippen molar-refractivity contribution in [1.82, 2.24) is 14.9 Å². The molecule has 4 heteroatoms. The zero-order valence-electron chi connectivity index (χ0n) is 9.37. The van der Waals surface area contributed by atoms with Crippen LogP contribution < -0.4 is 5.32 Å². The summed E-state index contributed by atoms with van der Waals surface area (Å²) in [5, 5.41) is 3.11. The van der Waals surface area contributed by atoms with Gasteiger partial charge in [0.25, 0.3) is 0 Å². The van der Waals surface area contributed by atoms with Crippen LogP contribution in [0.15, 0.2) is 34.9 Å². The van der Waals surface area contributed by atoms with E-state index in [2.05, 4.69) is 42.9 Å². The molecule has 1 aromatic carbocycles. The summed E-state index contributed by atoms with van der Waals surface area (Å²) in [6.45, 7) is 0.782. The van der Waals surface area contributed by atoms with Gasteiger partial charge in [-0.3, -0.25) is 0 Å². The second-order valence-corrected chi connectivity index (χ2v) is 4.58. The summed E-state index contributed by atoms with van der Waals surface area (Å²) < 4.78 is 3.19. The van der Waals surface area contributed by atoms with E-state index in [-0.39, 0.29) is 0 Å². The Morgan fingerprint density at radius 3 is 2.94 bits per heavy atom. The molecule has 1 heterocycles. The van der Waals surface area contributed by atoms with Gasteiger partial charge < -0.3 is 9.88 Å². The summed E-state index contributed by atoms with van der Waals surface area (Å²) >= 11 is 3.48. The summed E-state index contributed by atoms with van der Waals surface area (Å²) in [4.78, 5) is 4.40. The van der Waals surface area contributed by atoms with E-state index in [0.717, 1.165) is 22.5 Å². The third-order valence-corrected chi connectivity index (χ3v) is 3.03. The lowest BCUT2D eigenvalue weighted by Crippen LogP contribution is -2.10. The van der Waals surface area contributed by atoms with Gasteiger partial charge in [0.15, 0.2) is 0 Å². The quantitative estimate of drug-likeness (QED) is 0.936. The van der Waals surface area contributed by atoms with Crippen LogP contribution in [-0.2, 0) is 13.6 Å². The zero-order valence-corrected chi connectivity index (χ0v) is 11.0. The maximum atomic E-state index is 4.40. The lowest BCUT2D eigenvalue weighted by Gasteiger charge is -2.06. The molecule has 0 saturated carbocycles. The standard InChI is InChI=1S/C12H14BrN3/c1-14-8-12-15-7-11(16(12)2)9-4-3-5-10(13)6-9/h3-7,14H,8H2,1-2H3. The molecule has 0 aliphatic rings. The predicted octanol–water partition coefficient (Wildman–Crippen LogP) is 2.57. The van der Waals surface area contributed by atoms with Crippen molar-refractivity contribution in [3.63, 3.8) is 0 Å². The summed E-state index contributed by atoms with van der Waals surface area (Å²) in [7, 11) is 3.96. The van der Waals surface area contributed by atoms with Gasteiger partial charge in [-0.05, 0) is 19.2 Å². The van der Waals surface area contributed by atoms with Gasteiger partial charge in [-0.15, -0.1) is 0 Å². The summed E-state index contributed by atoms with van der Waals surface area (Å²) in [5.41, 5.74) is 2.30. The van der Waals surface area contributed by atoms with Gasteiger partial charge in [-0.1, -0.05) is 28.1 Å². The fourth-order valence-corrected chi connectivity index (χ4v) is 2.09. The minimum atomic E-state index is 0.782. The molecule has 0 bridgehead atoms. The first-order valence-electron chi connectivity index (χ1n) is 5.13. The molecular weight excluding hydrogens is 266 g/mol. The topological polar surface area (TPSA) is 29.9 Å². The fourth-order valence-electron chi connectivity index (χ4n) is 1.69. The van der Waals surface area contributed by atoms with Gasteiger partial charge in [0.2, 0.25) is 0 Å². The molecule has 0 fully saturated rings. The van der Waals surface area contributed by atoms with E-state index < -0.39 is 0 Å². The van der Waals surface area contributed by atoms with Gasteiger partial charge in [0.05, 0.1) is 18.4 Å². The molecule has 0 unspecified atom stereocenters. The second kappa shape index (κ2) is 4.80. The number of hydrogen-bond acceptors (Lipinski definition) is 2. The van der Waals surface area contributed by atoms with Crippen LogP contribution in [0.3, 0.4) is 0 Å². The van der Waals surface area contributed by atoms with Gasteiger partial charge in [0, 0.05) is 17.1 Å². The highest BCUT2D eigenvalue weighted by molar-refractivity contribution is 9.10. The molecule has 0 amide bonds. The molecule has 2 aromatic rings. The predicted molar refractivity (Wildman–Crippen MR) is 69.1 cm³/mol. The first kappa shape index (κ1) is 11.4. The number of aromatic nitrogens is 2. The molecule has 0 radical (unpaired) electrons. The van der Waals surface area contributed by atoms with E-state index >= 15 is 0 Å². The van der Waals surface area contributed by atoms with E-state index in [9.17, 15) is 0 Å². The molecule has 2 rings (SSSR count). The molecule has 1 N–H and O–H groups in total. The van der Waals surface area contributed by atoms with Gasteiger partial charge in [-0.25, -0.2) is 4.98 Å². The Labute approximate surface area is 104 Å². The number of nitrogens with one attached hydrogen (secondary N) is 1. The van der Waals surface area contributed by atoms with E-state index in [0.29, 0.717) is 0 Å². The molecule has 1 aromatic heterocycles. The Kier molecular flexibility index (Phi) is 3.41. The molecule has 0 atom stereocenters. The van der Waals surface area contributed by atoms with Crippen molar-refractivity contribution < 1.29 is 0 Å². The normalized spacial score (nSPS) is 10.7. The van der Waals surface area contributed by atoms with Crippen LogP contribution in [-0.4, -0.2) is 16.6 Å². The summed E-state index contributed by atoms with van der Waals surface area (Å²) in [5.74, 6) is 1.04. The lowest BCUT2D eigenvalue weighted by atomic mass is 10.2. The number of halogens is 1. The Balaban J connectivity index is 2.41. The van der Waals surface area contributed by atoms with Crippen LogP contribution in [0.2, 0.25) is 0 Å². The van der Waals surface area contributed by atoms with E-state index in [1.807, 2.05) is 32.4 Å². The second-order valence-electron chi connectivity index (χ2n) is 3.66. The molecule has 0 aliphatic carbocycles. The fraction of sp³-hybridized carbons (Fsp3) is 0.250. The highest BCUT2D eigenvalue weighted by Gasteiger charge is 2.07. The highest BCUT2D eigenvalue weighted by Crippen LogP contribution is 2.23. The number of imidazole rings is 1.